The molecule has 0 amide bonds. The van der Waals surface area contributed by atoms with Crippen LogP contribution in [-0.2, 0) is 17.5 Å². The molecular weight excluding hydrogens is 350 g/mol. The fourth-order valence-corrected chi connectivity index (χ4v) is 4.20. The third-order valence-corrected chi connectivity index (χ3v) is 6.11. The van der Waals surface area contributed by atoms with Crippen LogP contribution >= 0.6 is 0 Å². The molecule has 29 heavy (non-hydrogen) atoms. The average Bonchev–Trinajstić information content (AvgIpc) is 2.66. The summed E-state index contributed by atoms with van der Waals surface area (Å²) in [6.45, 7) is 15.7. The molecule has 0 saturated carbocycles. The third-order valence-electron chi connectivity index (χ3n) is 6.11. The van der Waals surface area contributed by atoms with Crippen molar-refractivity contribution in [2.24, 2.45) is 10.8 Å². The van der Waals surface area contributed by atoms with Crippen LogP contribution in [0.4, 0.5) is 0 Å². The quantitative estimate of drug-likeness (QED) is 0.225. The zero-order valence-corrected chi connectivity index (χ0v) is 20.3. The summed E-state index contributed by atoms with van der Waals surface area (Å²) in [5, 5.41) is 0. The van der Waals surface area contributed by atoms with Gasteiger partial charge in [0.15, 0.2) is 0 Å². The van der Waals surface area contributed by atoms with E-state index in [1.807, 2.05) is 7.28 Å². The van der Waals surface area contributed by atoms with Crippen LogP contribution in [0.2, 0.25) is 0 Å². The normalized spacial score (nSPS) is 12.1. The third kappa shape index (κ3) is 10.7. The van der Waals surface area contributed by atoms with Crippen molar-refractivity contribution < 1.29 is 4.79 Å². The molecule has 161 valence electrons. The van der Waals surface area contributed by atoms with Crippen molar-refractivity contribution in [1.82, 2.24) is 0 Å². The summed E-state index contributed by atoms with van der Waals surface area (Å²) in [5.41, 5.74) is 3.15. The molecule has 0 aliphatic carbocycles. The summed E-state index contributed by atoms with van der Waals surface area (Å²) in [6, 6.07) is 2.20. The number of rotatable bonds is 15. The van der Waals surface area contributed by atoms with E-state index in [9.17, 15) is 4.79 Å². The van der Waals surface area contributed by atoms with Gasteiger partial charge in [-0.3, -0.25) is 0 Å². The molecule has 1 rings (SSSR count). The van der Waals surface area contributed by atoms with Gasteiger partial charge in [-0.25, -0.2) is 0 Å². The van der Waals surface area contributed by atoms with E-state index in [-0.39, 0.29) is 10.8 Å². The van der Waals surface area contributed by atoms with Crippen LogP contribution in [-0.4, -0.2) is 19.9 Å². The Bertz CT molecular complexity index is 577. The zero-order chi connectivity index (χ0) is 21.8. The molecule has 1 aromatic rings. The monoisotopic (exact) mass is 395 g/mol. The van der Waals surface area contributed by atoms with Gasteiger partial charge < -0.3 is 0 Å². The van der Waals surface area contributed by atoms with Gasteiger partial charge in [-0.15, -0.1) is 0 Å². The maximum atomic E-state index is 13.3. The molecule has 0 saturated heterocycles. The van der Waals surface area contributed by atoms with Crippen LogP contribution in [0.1, 0.15) is 117 Å². The predicted molar refractivity (Wildman–Crippen MR) is 131 cm³/mol. The van der Waals surface area contributed by atoms with Gasteiger partial charge in [-0.2, -0.15) is 0 Å². The molecular formula is C26H45B2O. The molecule has 0 fully saturated rings. The minimum atomic E-state index is -0.180. The van der Waals surface area contributed by atoms with Crippen molar-refractivity contribution >= 4 is 19.9 Å². The van der Waals surface area contributed by atoms with E-state index in [2.05, 4.69) is 66.4 Å². The molecule has 1 aromatic heterocycles. The van der Waals surface area contributed by atoms with Gasteiger partial charge in [0.05, 0.1) is 0 Å². The Morgan fingerprint density at radius 2 is 1.48 bits per heavy atom. The van der Waals surface area contributed by atoms with Crippen molar-refractivity contribution in [2.45, 2.75) is 118 Å². The van der Waals surface area contributed by atoms with E-state index >= 15 is 0 Å². The fourth-order valence-electron chi connectivity index (χ4n) is 4.20. The predicted octanol–water partition coefficient (Wildman–Crippen LogP) is 7.29. The first kappa shape index (κ1) is 26.2. The fraction of sp³-hybridized carbons (Fsp3) is 0.769. The Morgan fingerprint density at radius 3 is 2.00 bits per heavy atom. The molecule has 0 unspecified atom stereocenters. The SMILES string of the molecule is CCCCCCC(C)(CCCCCC)C(=O)[B]Cc1ccbcc1CC(C)(C)C. The average molecular weight is 395 g/mol. The molecule has 3 heteroatoms. The molecule has 0 atom stereocenters. The standard InChI is InChI=1S/C26H45B2O/c1-7-9-11-13-16-26(6,17-14-12-10-8-2)24(29)28-21-22-15-18-27-20-23(22)19-25(3,4)5/h15,18,20H,7-14,16-17,19,21H2,1-6H3. The molecule has 1 radical (unpaired) electrons. The van der Waals surface area contributed by atoms with Crippen LogP contribution in [0.15, 0.2) is 18.0 Å². The van der Waals surface area contributed by atoms with Crippen molar-refractivity contribution in [3.63, 3.8) is 0 Å². The summed E-state index contributed by atoms with van der Waals surface area (Å²) in [6.07, 6.45) is 13.8. The van der Waals surface area contributed by atoms with E-state index in [4.69, 9.17) is 0 Å². The Kier molecular flexibility index (Phi) is 12.1. The van der Waals surface area contributed by atoms with E-state index in [1.165, 1.54) is 62.5 Å². The second-order valence-corrected chi connectivity index (χ2v) is 10.5. The molecule has 0 spiro atoms. The Labute approximate surface area is 183 Å². The minimum absolute atomic E-state index is 0.180. The van der Waals surface area contributed by atoms with E-state index in [0.29, 0.717) is 5.68 Å². The van der Waals surface area contributed by atoms with Gasteiger partial charge in [0.25, 0.3) is 0 Å². The number of unbranched alkanes of at least 4 members (excludes halogenated alkanes) is 6. The van der Waals surface area contributed by atoms with Gasteiger partial charge in [0.1, 0.15) is 0 Å². The van der Waals surface area contributed by atoms with Crippen LogP contribution in [0.5, 0.6) is 0 Å². The van der Waals surface area contributed by atoms with Gasteiger partial charge in [-0.05, 0) is 0 Å². The molecule has 0 aliphatic heterocycles. The van der Waals surface area contributed by atoms with E-state index < -0.39 is 0 Å². The summed E-state index contributed by atoms with van der Waals surface area (Å²) >= 11 is 0. The van der Waals surface area contributed by atoms with Crippen molar-refractivity contribution in [1.29, 1.82) is 0 Å². The Balaban J connectivity index is 2.75. The Morgan fingerprint density at radius 1 is 0.897 bits per heavy atom. The molecule has 0 bridgehead atoms. The zero-order valence-electron chi connectivity index (χ0n) is 20.3. The number of hydrogen-bond acceptors (Lipinski definition) is 1. The topological polar surface area (TPSA) is 17.1 Å². The van der Waals surface area contributed by atoms with Gasteiger partial charge in [-0.1, -0.05) is 13.8 Å². The molecule has 0 N–H and O–H groups in total. The van der Waals surface area contributed by atoms with Crippen LogP contribution in [0, 0.1) is 10.8 Å². The first-order valence-electron chi connectivity index (χ1n) is 12.2. The van der Waals surface area contributed by atoms with Gasteiger partial charge in [0.2, 0.25) is 0 Å². The van der Waals surface area contributed by atoms with Crippen LogP contribution in [0.25, 0.3) is 0 Å². The molecule has 0 aromatic carbocycles. The second-order valence-electron chi connectivity index (χ2n) is 10.5. The maximum absolute atomic E-state index is 13.3. The first-order valence-corrected chi connectivity index (χ1v) is 12.2. The molecule has 1 nitrogen and oxygen atoms in total. The first-order chi connectivity index (χ1) is 13.7. The number of carbonyl (C=O) groups is 1. The van der Waals surface area contributed by atoms with E-state index in [0.717, 1.165) is 25.6 Å². The number of carbonyl (C=O) groups excluding carboxylic acids is 1. The second kappa shape index (κ2) is 13.5. The number of hydrogen-bond donors (Lipinski definition) is 0. The Hall–Kier alpha value is -0.850. The van der Waals surface area contributed by atoms with Crippen molar-refractivity contribution in [3.8, 4) is 0 Å². The van der Waals surface area contributed by atoms with Crippen molar-refractivity contribution in [3.05, 3.63) is 29.1 Å². The molecule has 0 aliphatic rings. The van der Waals surface area contributed by atoms with Crippen LogP contribution in [0.3, 0.4) is 0 Å². The molecule has 1 heterocycles. The summed E-state index contributed by atoms with van der Waals surface area (Å²) in [4.78, 5) is 13.3. The van der Waals surface area contributed by atoms with E-state index in [1.54, 1.807) is 0 Å². The van der Waals surface area contributed by atoms with Gasteiger partial charge in [0, 0.05) is 0 Å². The van der Waals surface area contributed by atoms with Gasteiger partial charge >= 0.3 is 169 Å². The van der Waals surface area contributed by atoms with Crippen molar-refractivity contribution in [2.75, 3.05) is 0 Å². The summed E-state index contributed by atoms with van der Waals surface area (Å²) < 4.78 is 0. The van der Waals surface area contributed by atoms with Crippen LogP contribution < -0.4 is 0 Å². The summed E-state index contributed by atoms with van der Waals surface area (Å²) in [5.74, 6) is 4.34. The summed E-state index contributed by atoms with van der Waals surface area (Å²) in [7, 11) is 2.00.